The first-order valence-corrected chi connectivity index (χ1v) is 6.30. The van der Waals surface area contributed by atoms with Crippen LogP contribution < -0.4 is 5.32 Å². The van der Waals surface area contributed by atoms with E-state index in [2.05, 4.69) is 5.32 Å². The van der Waals surface area contributed by atoms with Gasteiger partial charge in [0, 0.05) is 12.3 Å². The van der Waals surface area contributed by atoms with Crippen LogP contribution in [0.4, 0.5) is 5.69 Å². The molecule has 0 saturated heterocycles. The molecule has 0 fully saturated rings. The summed E-state index contributed by atoms with van der Waals surface area (Å²) in [5, 5.41) is 11.5. The van der Waals surface area contributed by atoms with Crippen LogP contribution in [0, 0.1) is 0 Å². The van der Waals surface area contributed by atoms with Crippen molar-refractivity contribution in [2.75, 3.05) is 18.5 Å². The minimum atomic E-state index is -0.923. The van der Waals surface area contributed by atoms with Gasteiger partial charge in [0.25, 0.3) is 0 Å². The van der Waals surface area contributed by atoms with Gasteiger partial charge in [-0.25, -0.2) is 0 Å². The van der Waals surface area contributed by atoms with Crippen LogP contribution in [0.15, 0.2) is 24.3 Å². The van der Waals surface area contributed by atoms with E-state index in [1.165, 1.54) is 0 Å². The molecule has 5 heteroatoms. The minimum absolute atomic E-state index is 0.108. The number of hydrogen-bond acceptors (Lipinski definition) is 3. The number of carboxylic acids is 1. The molecule has 5 nitrogen and oxygen atoms in total. The lowest BCUT2D eigenvalue weighted by Gasteiger charge is -2.09. The highest BCUT2D eigenvalue weighted by molar-refractivity contribution is 5.92. The Labute approximate surface area is 112 Å². The highest BCUT2D eigenvalue weighted by Gasteiger charge is 2.09. The number of aliphatic carboxylic acids is 1. The quantitative estimate of drug-likeness (QED) is 0.705. The van der Waals surface area contributed by atoms with Crippen LogP contribution in [-0.2, 0) is 20.7 Å². The Morgan fingerprint density at radius 3 is 2.68 bits per heavy atom. The summed E-state index contributed by atoms with van der Waals surface area (Å²) in [4.78, 5) is 22.4. The van der Waals surface area contributed by atoms with Gasteiger partial charge in [0.1, 0.15) is 0 Å². The number of carbonyl (C=O) groups is 2. The normalized spacial score (nSPS) is 10.2. The third kappa shape index (κ3) is 6.01. The number of rotatable bonds is 8. The lowest BCUT2D eigenvalue weighted by molar-refractivity contribution is -0.136. The number of para-hydroxylation sites is 1. The standard InChI is InChI=1S/C14H19NO4/c1-2-8-19-9-7-13(16)15-12-6-4-3-5-11(12)10-14(17)18/h3-6H,2,7-10H2,1H3,(H,15,16)(H,17,18). The fourth-order valence-electron chi connectivity index (χ4n) is 1.58. The fraction of sp³-hybridized carbons (Fsp3) is 0.429. The van der Waals surface area contributed by atoms with Crippen molar-refractivity contribution in [1.29, 1.82) is 0 Å². The van der Waals surface area contributed by atoms with Crippen LogP contribution in [0.2, 0.25) is 0 Å². The van der Waals surface area contributed by atoms with E-state index in [1.807, 2.05) is 6.92 Å². The van der Waals surface area contributed by atoms with Gasteiger partial charge in [-0.05, 0) is 18.1 Å². The van der Waals surface area contributed by atoms with Crippen LogP contribution in [0.1, 0.15) is 25.3 Å². The summed E-state index contributed by atoms with van der Waals surface area (Å²) in [6.07, 6.45) is 1.08. The first-order valence-electron chi connectivity index (χ1n) is 6.30. The van der Waals surface area contributed by atoms with Gasteiger partial charge in [-0.15, -0.1) is 0 Å². The number of hydrogen-bond donors (Lipinski definition) is 2. The zero-order valence-electron chi connectivity index (χ0n) is 11.0. The zero-order valence-corrected chi connectivity index (χ0v) is 11.0. The van der Waals surface area contributed by atoms with E-state index in [0.717, 1.165) is 6.42 Å². The van der Waals surface area contributed by atoms with Crippen molar-refractivity contribution in [3.05, 3.63) is 29.8 Å². The molecule has 1 aromatic carbocycles. The first kappa shape index (κ1) is 15.2. The molecule has 0 aliphatic heterocycles. The molecule has 19 heavy (non-hydrogen) atoms. The Bertz CT molecular complexity index is 431. The second-order valence-electron chi connectivity index (χ2n) is 4.14. The minimum Gasteiger partial charge on any atom is -0.481 e. The Morgan fingerprint density at radius 1 is 1.26 bits per heavy atom. The molecule has 2 N–H and O–H groups in total. The van der Waals surface area contributed by atoms with Gasteiger partial charge in [-0.3, -0.25) is 9.59 Å². The molecular formula is C14H19NO4. The average molecular weight is 265 g/mol. The van der Waals surface area contributed by atoms with E-state index in [0.29, 0.717) is 24.5 Å². The van der Waals surface area contributed by atoms with Crippen molar-refractivity contribution in [3.63, 3.8) is 0 Å². The molecule has 0 radical (unpaired) electrons. The van der Waals surface area contributed by atoms with Gasteiger partial charge in [0.15, 0.2) is 0 Å². The maximum absolute atomic E-state index is 11.7. The first-order chi connectivity index (χ1) is 9.13. The molecule has 0 aliphatic rings. The molecule has 0 unspecified atom stereocenters. The SMILES string of the molecule is CCCOCCC(=O)Nc1ccccc1CC(=O)O. The number of ether oxygens (including phenoxy) is 1. The Hall–Kier alpha value is -1.88. The molecule has 0 atom stereocenters. The summed E-state index contributed by atoms with van der Waals surface area (Å²) >= 11 is 0. The third-order valence-corrected chi connectivity index (χ3v) is 2.46. The summed E-state index contributed by atoms with van der Waals surface area (Å²) < 4.78 is 5.23. The number of carboxylic acid groups (broad SMARTS) is 1. The summed E-state index contributed by atoms with van der Waals surface area (Å²) in [6.45, 7) is 3.02. The molecule has 1 rings (SSSR count). The summed E-state index contributed by atoms with van der Waals surface area (Å²) in [5.74, 6) is -1.10. The molecule has 0 spiro atoms. The topological polar surface area (TPSA) is 75.6 Å². The van der Waals surface area contributed by atoms with Crippen molar-refractivity contribution in [2.45, 2.75) is 26.2 Å². The molecule has 0 aliphatic carbocycles. The van der Waals surface area contributed by atoms with Crippen LogP contribution in [0.5, 0.6) is 0 Å². The predicted octanol–water partition coefficient (Wildman–Crippen LogP) is 2.07. The average Bonchev–Trinajstić information content (AvgIpc) is 2.36. The third-order valence-electron chi connectivity index (χ3n) is 2.46. The van der Waals surface area contributed by atoms with Gasteiger partial charge in [0.2, 0.25) is 5.91 Å². The fourth-order valence-corrected chi connectivity index (χ4v) is 1.58. The van der Waals surface area contributed by atoms with Crippen LogP contribution in [0.25, 0.3) is 0 Å². The summed E-state index contributed by atoms with van der Waals surface area (Å²) in [6, 6.07) is 6.90. The number of carbonyl (C=O) groups excluding carboxylic acids is 1. The van der Waals surface area contributed by atoms with E-state index < -0.39 is 5.97 Å². The van der Waals surface area contributed by atoms with E-state index in [9.17, 15) is 9.59 Å². The number of benzene rings is 1. The number of nitrogens with one attached hydrogen (secondary N) is 1. The monoisotopic (exact) mass is 265 g/mol. The Balaban J connectivity index is 2.51. The van der Waals surface area contributed by atoms with Crippen LogP contribution >= 0.6 is 0 Å². The van der Waals surface area contributed by atoms with E-state index >= 15 is 0 Å². The van der Waals surface area contributed by atoms with Crippen molar-refractivity contribution >= 4 is 17.6 Å². The maximum atomic E-state index is 11.7. The number of anilines is 1. The predicted molar refractivity (Wildman–Crippen MR) is 72.1 cm³/mol. The molecular weight excluding hydrogens is 246 g/mol. The van der Waals surface area contributed by atoms with E-state index in [1.54, 1.807) is 24.3 Å². The highest BCUT2D eigenvalue weighted by Crippen LogP contribution is 2.15. The molecule has 1 aromatic rings. The maximum Gasteiger partial charge on any atom is 0.307 e. The molecule has 0 heterocycles. The van der Waals surface area contributed by atoms with Crippen molar-refractivity contribution < 1.29 is 19.4 Å². The lowest BCUT2D eigenvalue weighted by Crippen LogP contribution is -2.16. The molecule has 0 aromatic heterocycles. The Kier molecular flexibility index (Phi) is 6.60. The van der Waals surface area contributed by atoms with Gasteiger partial charge in [-0.1, -0.05) is 25.1 Å². The van der Waals surface area contributed by atoms with Crippen molar-refractivity contribution in [2.24, 2.45) is 0 Å². The van der Waals surface area contributed by atoms with Crippen LogP contribution in [0.3, 0.4) is 0 Å². The zero-order chi connectivity index (χ0) is 14.1. The van der Waals surface area contributed by atoms with Crippen LogP contribution in [-0.4, -0.2) is 30.2 Å². The second-order valence-corrected chi connectivity index (χ2v) is 4.14. The van der Waals surface area contributed by atoms with Gasteiger partial charge in [0.05, 0.1) is 19.4 Å². The lowest BCUT2D eigenvalue weighted by atomic mass is 10.1. The smallest absolute Gasteiger partial charge is 0.307 e. The Morgan fingerprint density at radius 2 is 2.00 bits per heavy atom. The van der Waals surface area contributed by atoms with E-state index in [4.69, 9.17) is 9.84 Å². The largest absolute Gasteiger partial charge is 0.481 e. The number of amides is 1. The van der Waals surface area contributed by atoms with Crippen molar-refractivity contribution in [1.82, 2.24) is 0 Å². The molecule has 1 amide bonds. The van der Waals surface area contributed by atoms with Gasteiger partial charge in [-0.2, -0.15) is 0 Å². The molecule has 0 saturated carbocycles. The second kappa shape index (κ2) is 8.26. The highest BCUT2D eigenvalue weighted by atomic mass is 16.5. The van der Waals surface area contributed by atoms with E-state index in [-0.39, 0.29) is 18.7 Å². The van der Waals surface area contributed by atoms with Crippen molar-refractivity contribution in [3.8, 4) is 0 Å². The summed E-state index contributed by atoms with van der Waals surface area (Å²) in [7, 11) is 0. The van der Waals surface area contributed by atoms with Gasteiger partial charge >= 0.3 is 5.97 Å². The summed E-state index contributed by atoms with van der Waals surface area (Å²) in [5.41, 5.74) is 1.14. The molecule has 104 valence electrons. The van der Waals surface area contributed by atoms with Gasteiger partial charge < -0.3 is 15.2 Å². The molecule has 0 bridgehead atoms.